The minimum atomic E-state index is 0.698. The Morgan fingerprint density at radius 3 is 1.76 bits per heavy atom. The van der Waals surface area contributed by atoms with Gasteiger partial charge in [0, 0.05) is 11.4 Å². The smallest absolute Gasteiger partial charge is 0.119 e. The number of hydrogen-bond donors (Lipinski definition) is 2. The number of nitrogen functional groups attached to an aromatic ring is 2. The summed E-state index contributed by atoms with van der Waals surface area (Å²) < 4.78 is 5.21. The molecule has 0 aliphatic heterocycles. The fourth-order valence-electron chi connectivity index (χ4n) is 1.18. The average Bonchev–Trinajstić information content (AvgIpc) is 2.34. The highest BCUT2D eigenvalue weighted by Crippen LogP contribution is 2.12. The van der Waals surface area contributed by atoms with Crippen LogP contribution in [0.15, 0.2) is 54.6 Å². The molecule has 3 heteroatoms. The Kier molecular flexibility index (Phi) is 5.44. The van der Waals surface area contributed by atoms with Crippen LogP contribution in [0.5, 0.6) is 5.75 Å². The Morgan fingerprint density at radius 2 is 1.35 bits per heavy atom. The topological polar surface area (TPSA) is 61.3 Å². The molecular weight excluding hydrogens is 212 g/mol. The van der Waals surface area contributed by atoms with Gasteiger partial charge in [-0.3, -0.25) is 0 Å². The molecule has 0 aromatic heterocycles. The lowest BCUT2D eigenvalue weighted by molar-refractivity contribution is 0.340. The highest BCUT2D eigenvalue weighted by atomic mass is 16.5. The molecular formula is C14H18N2O. The van der Waals surface area contributed by atoms with Gasteiger partial charge in [-0.05, 0) is 43.3 Å². The van der Waals surface area contributed by atoms with Crippen molar-refractivity contribution in [3.05, 3.63) is 54.6 Å². The number of ether oxygens (including phenoxy) is 1. The van der Waals surface area contributed by atoms with Crippen LogP contribution in [0.3, 0.4) is 0 Å². The molecule has 0 saturated heterocycles. The van der Waals surface area contributed by atoms with Gasteiger partial charge in [0.1, 0.15) is 5.75 Å². The third kappa shape index (κ3) is 5.47. The summed E-state index contributed by atoms with van der Waals surface area (Å²) in [6.07, 6.45) is 0. The second-order valence-corrected chi connectivity index (χ2v) is 3.41. The molecule has 0 aliphatic rings. The molecule has 0 fully saturated rings. The minimum absolute atomic E-state index is 0.698. The van der Waals surface area contributed by atoms with Crippen LogP contribution < -0.4 is 16.2 Å². The Balaban J connectivity index is 0.000000181. The van der Waals surface area contributed by atoms with E-state index in [-0.39, 0.29) is 0 Å². The van der Waals surface area contributed by atoms with Gasteiger partial charge in [-0.15, -0.1) is 0 Å². The van der Waals surface area contributed by atoms with E-state index in [1.54, 1.807) is 0 Å². The van der Waals surface area contributed by atoms with Crippen LogP contribution in [-0.2, 0) is 0 Å². The molecule has 4 N–H and O–H groups in total. The maximum Gasteiger partial charge on any atom is 0.119 e. The maximum absolute atomic E-state index is 5.47. The fourth-order valence-corrected chi connectivity index (χ4v) is 1.18. The van der Waals surface area contributed by atoms with E-state index in [2.05, 4.69) is 0 Å². The van der Waals surface area contributed by atoms with E-state index in [0.29, 0.717) is 6.61 Å². The SMILES string of the molecule is CCOc1ccc(N)cc1.Nc1ccccc1. The van der Waals surface area contributed by atoms with Crippen molar-refractivity contribution in [2.24, 2.45) is 0 Å². The zero-order valence-corrected chi connectivity index (χ0v) is 9.97. The highest BCUT2D eigenvalue weighted by Gasteiger charge is 1.88. The third-order valence-electron chi connectivity index (χ3n) is 1.99. The molecule has 0 bridgehead atoms. The van der Waals surface area contributed by atoms with E-state index in [9.17, 15) is 0 Å². The van der Waals surface area contributed by atoms with Gasteiger partial charge in [0.2, 0.25) is 0 Å². The van der Waals surface area contributed by atoms with Gasteiger partial charge in [0.05, 0.1) is 6.61 Å². The molecule has 0 radical (unpaired) electrons. The molecule has 3 nitrogen and oxygen atoms in total. The lowest BCUT2D eigenvalue weighted by Gasteiger charge is -2.01. The zero-order valence-electron chi connectivity index (χ0n) is 9.97. The van der Waals surface area contributed by atoms with E-state index < -0.39 is 0 Å². The summed E-state index contributed by atoms with van der Waals surface area (Å²) in [4.78, 5) is 0. The van der Waals surface area contributed by atoms with Crippen LogP contribution in [0.25, 0.3) is 0 Å². The van der Waals surface area contributed by atoms with Crippen LogP contribution in [0.4, 0.5) is 11.4 Å². The molecule has 0 aliphatic carbocycles. The molecule has 0 atom stereocenters. The van der Waals surface area contributed by atoms with Gasteiger partial charge in [0.15, 0.2) is 0 Å². The zero-order chi connectivity index (χ0) is 12.5. The van der Waals surface area contributed by atoms with Crippen molar-refractivity contribution in [3.63, 3.8) is 0 Å². The number of nitrogens with two attached hydrogens (primary N) is 2. The van der Waals surface area contributed by atoms with E-state index in [0.717, 1.165) is 17.1 Å². The number of para-hydroxylation sites is 1. The van der Waals surface area contributed by atoms with Crippen molar-refractivity contribution < 1.29 is 4.74 Å². The van der Waals surface area contributed by atoms with E-state index in [1.807, 2.05) is 61.5 Å². The lowest BCUT2D eigenvalue weighted by Crippen LogP contribution is -1.91. The molecule has 0 amide bonds. The summed E-state index contributed by atoms with van der Waals surface area (Å²) in [5, 5.41) is 0. The summed E-state index contributed by atoms with van der Waals surface area (Å²) in [6, 6.07) is 16.9. The second-order valence-electron chi connectivity index (χ2n) is 3.41. The summed E-state index contributed by atoms with van der Waals surface area (Å²) in [6.45, 7) is 2.65. The third-order valence-corrected chi connectivity index (χ3v) is 1.99. The number of benzene rings is 2. The van der Waals surface area contributed by atoms with Gasteiger partial charge >= 0.3 is 0 Å². The first-order valence-electron chi connectivity index (χ1n) is 5.51. The number of anilines is 2. The fraction of sp³-hybridized carbons (Fsp3) is 0.143. The number of hydrogen-bond acceptors (Lipinski definition) is 3. The van der Waals surface area contributed by atoms with Gasteiger partial charge in [-0.2, -0.15) is 0 Å². The van der Waals surface area contributed by atoms with Crippen LogP contribution >= 0.6 is 0 Å². The molecule has 0 spiro atoms. The molecule has 90 valence electrons. The van der Waals surface area contributed by atoms with Gasteiger partial charge in [0.25, 0.3) is 0 Å². The van der Waals surface area contributed by atoms with Gasteiger partial charge in [-0.1, -0.05) is 18.2 Å². The quantitative estimate of drug-likeness (QED) is 0.780. The lowest BCUT2D eigenvalue weighted by atomic mass is 10.3. The predicted molar refractivity (Wildman–Crippen MR) is 72.9 cm³/mol. The highest BCUT2D eigenvalue weighted by molar-refractivity contribution is 5.41. The first-order chi connectivity index (χ1) is 8.22. The van der Waals surface area contributed by atoms with Crippen molar-refractivity contribution >= 4 is 11.4 Å². The Labute approximate surface area is 102 Å². The second kappa shape index (κ2) is 7.17. The van der Waals surface area contributed by atoms with Crippen molar-refractivity contribution in [1.29, 1.82) is 0 Å². The van der Waals surface area contributed by atoms with Gasteiger partial charge in [-0.25, -0.2) is 0 Å². The van der Waals surface area contributed by atoms with Crippen molar-refractivity contribution in [2.45, 2.75) is 6.92 Å². The normalized spacial score (nSPS) is 9.00. The summed E-state index contributed by atoms with van der Waals surface area (Å²) >= 11 is 0. The number of rotatable bonds is 2. The Morgan fingerprint density at radius 1 is 0.824 bits per heavy atom. The molecule has 17 heavy (non-hydrogen) atoms. The first kappa shape index (κ1) is 12.9. The van der Waals surface area contributed by atoms with Gasteiger partial charge < -0.3 is 16.2 Å². The minimum Gasteiger partial charge on any atom is -0.494 e. The molecule has 2 aromatic rings. The van der Waals surface area contributed by atoms with Crippen LogP contribution in [0.1, 0.15) is 6.92 Å². The Bertz CT molecular complexity index is 412. The van der Waals surface area contributed by atoms with Crippen LogP contribution in [0, 0.1) is 0 Å². The standard InChI is InChI=1S/C8H11NO.C6H7N/c1-2-10-8-5-3-7(9)4-6-8;7-6-4-2-1-3-5-6/h3-6H,2,9H2,1H3;1-5H,7H2. The molecule has 0 unspecified atom stereocenters. The summed E-state index contributed by atoms with van der Waals surface area (Å²) in [5.74, 6) is 0.872. The molecule has 0 heterocycles. The molecule has 2 rings (SSSR count). The average molecular weight is 230 g/mol. The predicted octanol–water partition coefficient (Wildman–Crippen LogP) is 2.94. The van der Waals surface area contributed by atoms with E-state index in [4.69, 9.17) is 16.2 Å². The van der Waals surface area contributed by atoms with Crippen molar-refractivity contribution in [1.82, 2.24) is 0 Å². The molecule has 2 aromatic carbocycles. The molecule has 0 saturated carbocycles. The van der Waals surface area contributed by atoms with E-state index in [1.165, 1.54) is 0 Å². The first-order valence-corrected chi connectivity index (χ1v) is 5.51. The summed E-state index contributed by atoms with van der Waals surface area (Å²) in [7, 11) is 0. The Hall–Kier alpha value is -2.16. The van der Waals surface area contributed by atoms with Crippen molar-refractivity contribution in [2.75, 3.05) is 18.1 Å². The van der Waals surface area contributed by atoms with E-state index >= 15 is 0 Å². The maximum atomic E-state index is 5.47. The largest absolute Gasteiger partial charge is 0.494 e. The van der Waals surface area contributed by atoms with Crippen LogP contribution in [0.2, 0.25) is 0 Å². The van der Waals surface area contributed by atoms with Crippen molar-refractivity contribution in [3.8, 4) is 5.75 Å². The summed E-state index contributed by atoms with van der Waals surface area (Å²) in [5.41, 5.74) is 12.4. The monoisotopic (exact) mass is 230 g/mol. The van der Waals surface area contributed by atoms with Crippen LogP contribution in [-0.4, -0.2) is 6.61 Å².